The first-order valence-electron chi connectivity index (χ1n) is 7.80. The number of rotatable bonds is 1. The standard InChI is InChI=1S/C17H14N2O2S3/c20-16-14-9-5-6-22-8-13(9)24-17(14)19-15(18-16)11-7-23-12-4-2-1-3-10(12)21-11/h1-4,11H,5-8H2,(H,18,19,20)/t11-/m1/s1. The third kappa shape index (κ3) is 2.37. The number of aryl methyl sites for hydroxylation is 1. The van der Waals surface area contributed by atoms with Crippen molar-refractivity contribution in [2.75, 3.05) is 11.5 Å². The minimum atomic E-state index is -0.212. The van der Waals surface area contributed by atoms with E-state index in [0.29, 0.717) is 5.82 Å². The van der Waals surface area contributed by atoms with Crippen LogP contribution in [-0.4, -0.2) is 21.5 Å². The summed E-state index contributed by atoms with van der Waals surface area (Å²) in [6.45, 7) is 0. The average Bonchev–Trinajstić information content (AvgIpc) is 3.00. The number of H-pyrrole nitrogens is 1. The van der Waals surface area contributed by atoms with Crippen molar-refractivity contribution in [1.82, 2.24) is 9.97 Å². The van der Waals surface area contributed by atoms with E-state index in [2.05, 4.69) is 11.1 Å². The molecule has 122 valence electrons. The molecule has 0 saturated heterocycles. The van der Waals surface area contributed by atoms with Crippen molar-refractivity contribution in [3.63, 3.8) is 0 Å². The summed E-state index contributed by atoms with van der Waals surface area (Å²) in [6.07, 6.45) is 0.753. The lowest BCUT2D eigenvalue weighted by Crippen LogP contribution is -2.22. The van der Waals surface area contributed by atoms with E-state index in [-0.39, 0.29) is 11.7 Å². The normalized spacial score (nSPS) is 19.6. The Morgan fingerprint density at radius 3 is 3.17 bits per heavy atom. The maximum Gasteiger partial charge on any atom is 0.260 e. The number of thioether (sulfide) groups is 2. The van der Waals surface area contributed by atoms with Crippen molar-refractivity contribution in [3.05, 3.63) is 50.9 Å². The number of hydrogen-bond donors (Lipinski definition) is 1. The fourth-order valence-corrected chi connectivity index (χ4v) is 6.50. The van der Waals surface area contributed by atoms with Gasteiger partial charge in [0.05, 0.1) is 5.39 Å². The maximum atomic E-state index is 12.7. The van der Waals surface area contributed by atoms with Gasteiger partial charge in [-0.15, -0.1) is 23.1 Å². The van der Waals surface area contributed by atoms with Gasteiger partial charge in [0.15, 0.2) is 11.9 Å². The molecule has 3 aromatic rings. The summed E-state index contributed by atoms with van der Waals surface area (Å²) in [5.74, 6) is 4.34. The van der Waals surface area contributed by atoms with Crippen LogP contribution in [0.4, 0.5) is 0 Å². The van der Waals surface area contributed by atoms with Crippen LogP contribution >= 0.6 is 34.9 Å². The summed E-state index contributed by atoms with van der Waals surface area (Å²) in [5, 5.41) is 0.794. The Balaban J connectivity index is 1.58. The number of fused-ring (bicyclic) bond motifs is 4. The lowest BCUT2D eigenvalue weighted by atomic mass is 10.1. The minimum Gasteiger partial charge on any atom is -0.480 e. The van der Waals surface area contributed by atoms with Crippen LogP contribution in [0, 0.1) is 0 Å². The second-order valence-electron chi connectivity index (χ2n) is 5.80. The van der Waals surface area contributed by atoms with Gasteiger partial charge in [0, 0.05) is 21.3 Å². The molecule has 0 unspecified atom stereocenters. The largest absolute Gasteiger partial charge is 0.480 e. The summed E-state index contributed by atoms with van der Waals surface area (Å²) in [4.78, 5) is 23.7. The Morgan fingerprint density at radius 2 is 2.21 bits per heavy atom. The monoisotopic (exact) mass is 374 g/mol. The van der Waals surface area contributed by atoms with Crippen LogP contribution in [0.2, 0.25) is 0 Å². The number of ether oxygens (including phenoxy) is 1. The van der Waals surface area contributed by atoms with E-state index in [1.807, 2.05) is 30.0 Å². The molecule has 2 aromatic heterocycles. The quantitative estimate of drug-likeness (QED) is 0.698. The van der Waals surface area contributed by atoms with Crippen molar-refractivity contribution >= 4 is 45.1 Å². The molecule has 0 saturated carbocycles. The van der Waals surface area contributed by atoms with Crippen LogP contribution in [-0.2, 0) is 12.2 Å². The van der Waals surface area contributed by atoms with Crippen molar-refractivity contribution in [3.8, 4) is 5.75 Å². The summed E-state index contributed by atoms with van der Waals surface area (Å²) in [5.41, 5.74) is 1.19. The third-order valence-corrected chi connectivity index (χ3v) is 7.72. The highest BCUT2D eigenvalue weighted by Crippen LogP contribution is 2.40. The number of thiophene rings is 1. The number of aromatic amines is 1. The Kier molecular flexibility index (Phi) is 3.61. The van der Waals surface area contributed by atoms with Gasteiger partial charge in [0.25, 0.3) is 5.56 Å². The first-order valence-corrected chi connectivity index (χ1v) is 10.8. The fourth-order valence-electron chi connectivity index (χ4n) is 3.15. The first-order chi connectivity index (χ1) is 11.8. The molecule has 0 aliphatic carbocycles. The van der Waals surface area contributed by atoms with E-state index < -0.39 is 0 Å². The van der Waals surface area contributed by atoms with Gasteiger partial charge in [0.2, 0.25) is 0 Å². The Bertz CT molecular complexity index is 995. The zero-order chi connectivity index (χ0) is 16.1. The molecule has 0 spiro atoms. The van der Waals surface area contributed by atoms with Gasteiger partial charge in [-0.1, -0.05) is 12.1 Å². The van der Waals surface area contributed by atoms with E-state index in [1.165, 1.54) is 10.4 Å². The van der Waals surface area contributed by atoms with Crippen LogP contribution < -0.4 is 10.3 Å². The van der Waals surface area contributed by atoms with Crippen molar-refractivity contribution in [2.45, 2.75) is 23.2 Å². The SMILES string of the molecule is O=c1[nH]c([C@H]2CSc3ccccc3O2)nc2sc3c(c12)CCSC3. The molecule has 7 heteroatoms. The van der Waals surface area contributed by atoms with Gasteiger partial charge in [-0.05, 0) is 29.9 Å². The molecule has 1 N–H and O–H groups in total. The average molecular weight is 375 g/mol. The second-order valence-corrected chi connectivity index (χ2v) is 9.05. The van der Waals surface area contributed by atoms with Gasteiger partial charge < -0.3 is 9.72 Å². The molecule has 0 amide bonds. The predicted molar refractivity (Wildman–Crippen MR) is 101 cm³/mol. The lowest BCUT2D eigenvalue weighted by Gasteiger charge is -2.24. The van der Waals surface area contributed by atoms with E-state index in [9.17, 15) is 4.79 Å². The third-order valence-electron chi connectivity index (χ3n) is 4.31. The summed E-state index contributed by atoms with van der Waals surface area (Å²) in [6, 6.07) is 7.99. The zero-order valence-electron chi connectivity index (χ0n) is 12.7. The Labute approximate surface area is 151 Å². The predicted octanol–water partition coefficient (Wildman–Crippen LogP) is 4.00. The highest BCUT2D eigenvalue weighted by atomic mass is 32.2. The van der Waals surface area contributed by atoms with Crippen LogP contribution in [0.25, 0.3) is 10.2 Å². The number of nitrogens with zero attached hydrogens (tertiary/aromatic N) is 1. The highest BCUT2D eigenvalue weighted by Gasteiger charge is 2.26. The molecule has 1 aromatic carbocycles. The summed E-state index contributed by atoms with van der Waals surface area (Å²) in [7, 11) is 0. The van der Waals surface area contributed by atoms with E-state index in [1.54, 1.807) is 23.1 Å². The van der Waals surface area contributed by atoms with E-state index in [0.717, 1.165) is 44.5 Å². The summed E-state index contributed by atoms with van der Waals surface area (Å²) < 4.78 is 6.07. The van der Waals surface area contributed by atoms with Crippen LogP contribution in [0.3, 0.4) is 0 Å². The van der Waals surface area contributed by atoms with Gasteiger partial charge in [-0.2, -0.15) is 11.8 Å². The minimum absolute atomic E-state index is 0.0214. The second kappa shape index (κ2) is 5.82. The fraction of sp³-hybridized carbons (Fsp3) is 0.294. The van der Waals surface area contributed by atoms with Gasteiger partial charge in [0.1, 0.15) is 10.6 Å². The maximum absolute atomic E-state index is 12.7. The number of hydrogen-bond acceptors (Lipinski definition) is 6. The molecule has 2 aliphatic rings. The van der Waals surface area contributed by atoms with Gasteiger partial charge >= 0.3 is 0 Å². The molecule has 4 nitrogen and oxygen atoms in total. The Hall–Kier alpha value is -1.44. The molecule has 24 heavy (non-hydrogen) atoms. The molecule has 1 atom stereocenters. The molecule has 2 aliphatic heterocycles. The highest BCUT2D eigenvalue weighted by molar-refractivity contribution is 7.99. The van der Waals surface area contributed by atoms with Crippen molar-refractivity contribution in [2.24, 2.45) is 0 Å². The van der Waals surface area contributed by atoms with Gasteiger partial charge in [-0.3, -0.25) is 4.79 Å². The van der Waals surface area contributed by atoms with Gasteiger partial charge in [-0.25, -0.2) is 4.98 Å². The molecular formula is C17H14N2O2S3. The number of aromatic nitrogens is 2. The smallest absolute Gasteiger partial charge is 0.260 e. The van der Waals surface area contributed by atoms with Crippen LogP contribution in [0.15, 0.2) is 34.0 Å². The van der Waals surface area contributed by atoms with E-state index in [4.69, 9.17) is 9.72 Å². The van der Waals surface area contributed by atoms with Crippen LogP contribution in [0.5, 0.6) is 5.75 Å². The molecule has 4 heterocycles. The number of benzene rings is 1. The first kappa shape index (κ1) is 14.9. The molecule has 5 rings (SSSR count). The zero-order valence-corrected chi connectivity index (χ0v) is 15.2. The van der Waals surface area contributed by atoms with Crippen molar-refractivity contribution < 1.29 is 4.74 Å². The number of para-hydroxylation sites is 1. The summed E-state index contributed by atoms with van der Waals surface area (Å²) >= 11 is 5.33. The topological polar surface area (TPSA) is 55.0 Å². The number of nitrogens with one attached hydrogen (secondary N) is 1. The molecule has 0 radical (unpaired) electrons. The van der Waals surface area contributed by atoms with Crippen molar-refractivity contribution in [1.29, 1.82) is 0 Å². The van der Waals surface area contributed by atoms with Crippen LogP contribution in [0.1, 0.15) is 22.4 Å². The van der Waals surface area contributed by atoms with E-state index >= 15 is 0 Å². The Morgan fingerprint density at radius 1 is 1.29 bits per heavy atom. The molecule has 0 fully saturated rings. The molecular weight excluding hydrogens is 360 g/mol. The molecule has 0 bridgehead atoms. The lowest BCUT2D eigenvalue weighted by molar-refractivity contribution is 0.210.